The highest BCUT2D eigenvalue weighted by Gasteiger charge is 2.18. The summed E-state index contributed by atoms with van der Waals surface area (Å²) in [5.74, 6) is -2.02. The Morgan fingerprint density at radius 1 is 1.19 bits per heavy atom. The van der Waals surface area contributed by atoms with Crippen LogP contribution in [0.15, 0.2) is 42.5 Å². The maximum absolute atomic E-state index is 13.5. The van der Waals surface area contributed by atoms with Gasteiger partial charge in [0.15, 0.2) is 0 Å². The molecule has 0 fully saturated rings. The largest absolute Gasteiger partial charge is 0.394 e. The highest BCUT2D eigenvalue weighted by molar-refractivity contribution is 6.30. The van der Waals surface area contributed by atoms with Gasteiger partial charge in [-0.25, -0.2) is 8.78 Å². The van der Waals surface area contributed by atoms with Crippen molar-refractivity contribution in [2.45, 2.75) is 6.04 Å². The number of carbonyl (C=O) groups is 1. The Morgan fingerprint density at radius 2 is 1.90 bits per heavy atom. The van der Waals surface area contributed by atoms with Crippen molar-refractivity contribution < 1.29 is 18.7 Å². The summed E-state index contributed by atoms with van der Waals surface area (Å²) < 4.78 is 26.9. The Labute approximate surface area is 125 Å². The molecule has 3 nitrogen and oxygen atoms in total. The van der Waals surface area contributed by atoms with E-state index in [-0.39, 0.29) is 10.6 Å². The van der Waals surface area contributed by atoms with Crippen molar-refractivity contribution in [2.75, 3.05) is 6.61 Å². The van der Waals surface area contributed by atoms with Gasteiger partial charge in [-0.05, 0) is 29.8 Å². The molecule has 0 aromatic heterocycles. The number of halogens is 3. The van der Waals surface area contributed by atoms with Crippen molar-refractivity contribution in [2.24, 2.45) is 0 Å². The van der Waals surface area contributed by atoms with E-state index in [4.69, 9.17) is 11.6 Å². The van der Waals surface area contributed by atoms with E-state index in [1.807, 2.05) is 0 Å². The third-order valence-electron chi connectivity index (χ3n) is 2.95. The Balaban J connectivity index is 2.21. The Morgan fingerprint density at radius 3 is 2.52 bits per heavy atom. The Hall–Kier alpha value is -1.98. The van der Waals surface area contributed by atoms with Gasteiger partial charge in [0.2, 0.25) is 0 Å². The van der Waals surface area contributed by atoms with Crippen LogP contribution in [0.5, 0.6) is 0 Å². The van der Waals surface area contributed by atoms with Gasteiger partial charge in [0.1, 0.15) is 11.6 Å². The molecule has 21 heavy (non-hydrogen) atoms. The van der Waals surface area contributed by atoms with E-state index in [0.717, 1.165) is 12.1 Å². The predicted octanol–water partition coefficient (Wildman–Crippen LogP) is 3.08. The number of amides is 1. The number of nitrogens with one attached hydrogen (secondary N) is 1. The quantitative estimate of drug-likeness (QED) is 0.911. The lowest BCUT2D eigenvalue weighted by Crippen LogP contribution is -2.31. The maximum Gasteiger partial charge on any atom is 0.254 e. The zero-order valence-electron chi connectivity index (χ0n) is 10.8. The first kappa shape index (κ1) is 15.4. The van der Waals surface area contributed by atoms with E-state index < -0.39 is 30.2 Å². The van der Waals surface area contributed by atoms with Gasteiger partial charge in [-0.15, -0.1) is 0 Å². The summed E-state index contributed by atoms with van der Waals surface area (Å²) in [5.41, 5.74) is 0.189. The number of hydrogen-bond donors (Lipinski definition) is 2. The van der Waals surface area contributed by atoms with Gasteiger partial charge in [-0.2, -0.15) is 0 Å². The van der Waals surface area contributed by atoms with Crippen LogP contribution in [0.25, 0.3) is 0 Å². The van der Waals surface area contributed by atoms with Crippen LogP contribution in [-0.4, -0.2) is 17.6 Å². The number of rotatable bonds is 4. The highest BCUT2D eigenvalue weighted by atomic mass is 35.5. The normalized spacial score (nSPS) is 12.0. The van der Waals surface area contributed by atoms with E-state index in [1.165, 1.54) is 30.3 Å². The fourth-order valence-corrected chi connectivity index (χ4v) is 1.96. The van der Waals surface area contributed by atoms with Crippen LogP contribution in [0.3, 0.4) is 0 Å². The number of aliphatic hydroxyl groups excluding tert-OH is 1. The van der Waals surface area contributed by atoms with Crippen molar-refractivity contribution in [3.8, 4) is 0 Å². The molecular formula is C15H12ClF2NO2. The highest BCUT2D eigenvalue weighted by Crippen LogP contribution is 2.20. The standard InChI is InChI=1S/C15H12ClF2NO2/c16-11-6-5-9(7-13(11)18)14(8-20)19-15(21)10-3-1-2-4-12(10)17/h1-7,14,20H,8H2,(H,19,21). The fourth-order valence-electron chi connectivity index (χ4n) is 1.84. The van der Waals surface area contributed by atoms with Crippen LogP contribution in [0.4, 0.5) is 8.78 Å². The molecule has 0 saturated carbocycles. The van der Waals surface area contributed by atoms with Crippen LogP contribution in [0.1, 0.15) is 22.0 Å². The smallest absolute Gasteiger partial charge is 0.254 e. The summed E-state index contributed by atoms with van der Waals surface area (Å²) in [5, 5.41) is 11.7. The molecule has 0 spiro atoms. The van der Waals surface area contributed by atoms with Crippen LogP contribution in [0, 0.1) is 11.6 Å². The average Bonchev–Trinajstić information content (AvgIpc) is 2.48. The third-order valence-corrected chi connectivity index (χ3v) is 3.26. The molecule has 0 radical (unpaired) electrons. The van der Waals surface area contributed by atoms with Gasteiger partial charge < -0.3 is 10.4 Å². The molecule has 0 saturated heterocycles. The summed E-state index contributed by atoms with van der Waals surface area (Å²) in [6.45, 7) is -0.457. The van der Waals surface area contributed by atoms with E-state index in [1.54, 1.807) is 0 Å². The average molecular weight is 312 g/mol. The SMILES string of the molecule is O=C(NC(CO)c1ccc(Cl)c(F)c1)c1ccccc1F. The molecule has 2 rings (SSSR count). The molecule has 1 unspecified atom stereocenters. The predicted molar refractivity (Wildman–Crippen MR) is 75.1 cm³/mol. The van der Waals surface area contributed by atoms with Crippen molar-refractivity contribution in [1.82, 2.24) is 5.32 Å². The second kappa shape index (κ2) is 6.65. The van der Waals surface area contributed by atoms with Gasteiger partial charge in [0.05, 0.1) is 23.2 Å². The van der Waals surface area contributed by atoms with Crippen molar-refractivity contribution in [3.63, 3.8) is 0 Å². The first-order valence-corrected chi connectivity index (χ1v) is 6.52. The number of carbonyl (C=O) groups excluding carboxylic acids is 1. The lowest BCUT2D eigenvalue weighted by atomic mass is 10.1. The molecule has 0 heterocycles. The van der Waals surface area contributed by atoms with Crippen LogP contribution in [-0.2, 0) is 0 Å². The minimum Gasteiger partial charge on any atom is -0.394 e. The Bertz CT molecular complexity index is 664. The molecule has 2 aromatic rings. The number of aliphatic hydroxyl groups is 1. The van der Waals surface area contributed by atoms with Gasteiger partial charge >= 0.3 is 0 Å². The molecule has 1 atom stereocenters. The van der Waals surface area contributed by atoms with E-state index in [2.05, 4.69) is 5.32 Å². The summed E-state index contributed by atoms with van der Waals surface area (Å²) in [6.07, 6.45) is 0. The zero-order valence-corrected chi connectivity index (χ0v) is 11.6. The first-order valence-electron chi connectivity index (χ1n) is 6.14. The molecule has 1 amide bonds. The minimum absolute atomic E-state index is 0.0594. The fraction of sp³-hybridized carbons (Fsp3) is 0.133. The summed E-state index contributed by atoms with van der Waals surface area (Å²) in [7, 11) is 0. The van der Waals surface area contributed by atoms with Crippen LogP contribution < -0.4 is 5.32 Å². The number of benzene rings is 2. The maximum atomic E-state index is 13.5. The lowest BCUT2D eigenvalue weighted by Gasteiger charge is -2.17. The van der Waals surface area contributed by atoms with Crippen molar-refractivity contribution >= 4 is 17.5 Å². The molecule has 0 aliphatic heterocycles. The van der Waals surface area contributed by atoms with Gasteiger partial charge in [-0.1, -0.05) is 29.8 Å². The molecule has 6 heteroatoms. The van der Waals surface area contributed by atoms with E-state index >= 15 is 0 Å². The summed E-state index contributed by atoms with van der Waals surface area (Å²) in [6, 6.07) is 8.52. The molecule has 2 N–H and O–H groups in total. The van der Waals surface area contributed by atoms with Gasteiger partial charge in [0.25, 0.3) is 5.91 Å². The van der Waals surface area contributed by atoms with Crippen LogP contribution in [0.2, 0.25) is 5.02 Å². The third kappa shape index (κ3) is 3.56. The molecule has 0 aliphatic carbocycles. The molecule has 0 aliphatic rings. The van der Waals surface area contributed by atoms with Crippen molar-refractivity contribution in [3.05, 3.63) is 70.2 Å². The number of hydrogen-bond acceptors (Lipinski definition) is 2. The minimum atomic E-state index is -0.858. The summed E-state index contributed by atoms with van der Waals surface area (Å²) in [4.78, 5) is 12.0. The monoisotopic (exact) mass is 311 g/mol. The zero-order chi connectivity index (χ0) is 15.4. The molecule has 0 bridgehead atoms. The van der Waals surface area contributed by atoms with Gasteiger partial charge in [-0.3, -0.25) is 4.79 Å². The van der Waals surface area contributed by atoms with Gasteiger partial charge in [0, 0.05) is 0 Å². The second-order valence-electron chi connectivity index (χ2n) is 4.36. The molecule has 110 valence electrons. The molecule has 2 aromatic carbocycles. The van der Waals surface area contributed by atoms with E-state index in [9.17, 15) is 18.7 Å². The van der Waals surface area contributed by atoms with Crippen LogP contribution >= 0.6 is 11.6 Å². The lowest BCUT2D eigenvalue weighted by molar-refractivity contribution is 0.0912. The second-order valence-corrected chi connectivity index (χ2v) is 4.77. The van der Waals surface area contributed by atoms with Crippen molar-refractivity contribution in [1.29, 1.82) is 0 Å². The Kier molecular flexibility index (Phi) is 4.88. The van der Waals surface area contributed by atoms with E-state index in [0.29, 0.717) is 5.56 Å². The topological polar surface area (TPSA) is 49.3 Å². The summed E-state index contributed by atoms with van der Waals surface area (Å²) >= 11 is 5.58. The first-order chi connectivity index (χ1) is 10.0. The molecular weight excluding hydrogens is 300 g/mol.